The molecule has 2 aliphatic carbocycles. The van der Waals surface area contributed by atoms with E-state index in [1.165, 1.54) is 6.92 Å². The molecule has 5 nitrogen and oxygen atoms in total. The van der Waals surface area contributed by atoms with Crippen molar-refractivity contribution < 1.29 is 24.2 Å². The molecule has 4 atom stereocenters. The van der Waals surface area contributed by atoms with E-state index in [1.54, 1.807) is 12.2 Å². The highest BCUT2D eigenvalue weighted by molar-refractivity contribution is 6.08. The largest absolute Gasteiger partial charge is 0.481 e. The Kier molecular flexibility index (Phi) is 5.31. The van der Waals surface area contributed by atoms with Crippen LogP contribution in [0.25, 0.3) is 0 Å². The van der Waals surface area contributed by atoms with Gasteiger partial charge in [-0.25, -0.2) is 0 Å². The van der Waals surface area contributed by atoms with Crippen LogP contribution in [0, 0.1) is 17.3 Å². The third-order valence-corrected chi connectivity index (χ3v) is 5.51. The van der Waals surface area contributed by atoms with Crippen LogP contribution in [0.5, 0.6) is 0 Å². The molecule has 132 valence electrons. The molecular weight excluding hydrogens is 308 g/mol. The van der Waals surface area contributed by atoms with E-state index in [9.17, 15) is 19.5 Å². The predicted molar refractivity (Wildman–Crippen MR) is 89.3 cm³/mol. The maximum absolute atomic E-state index is 12.3. The van der Waals surface area contributed by atoms with Crippen LogP contribution in [-0.2, 0) is 19.1 Å². The van der Waals surface area contributed by atoms with Crippen LogP contribution in [0.15, 0.2) is 23.3 Å². The van der Waals surface area contributed by atoms with Crippen LogP contribution < -0.4 is 0 Å². The Balaban J connectivity index is 2.30. The number of carboxylic acids is 1. The number of ether oxygens (including phenoxy) is 1. The second kappa shape index (κ2) is 6.91. The molecule has 0 saturated heterocycles. The van der Waals surface area contributed by atoms with Gasteiger partial charge in [0.2, 0.25) is 0 Å². The van der Waals surface area contributed by atoms with Crippen molar-refractivity contribution in [3.05, 3.63) is 23.3 Å². The number of carboxylic acid groups (broad SMARTS) is 1. The van der Waals surface area contributed by atoms with Crippen LogP contribution in [0.2, 0.25) is 0 Å². The number of aliphatic carboxylic acids is 1. The van der Waals surface area contributed by atoms with Gasteiger partial charge in [-0.1, -0.05) is 32.4 Å². The van der Waals surface area contributed by atoms with Crippen molar-refractivity contribution in [2.45, 2.75) is 59.5 Å². The minimum absolute atomic E-state index is 0.0117. The summed E-state index contributed by atoms with van der Waals surface area (Å²) in [6.07, 6.45) is 5.71. The van der Waals surface area contributed by atoms with E-state index in [0.29, 0.717) is 24.8 Å². The van der Waals surface area contributed by atoms with Gasteiger partial charge < -0.3 is 9.84 Å². The Labute approximate surface area is 142 Å². The average Bonchev–Trinajstić information content (AvgIpc) is 2.51. The molecule has 1 fully saturated rings. The molecule has 1 N–H and O–H groups in total. The molecule has 0 radical (unpaired) electrons. The zero-order valence-corrected chi connectivity index (χ0v) is 14.8. The maximum Gasteiger partial charge on any atom is 0.310 e. The third kappa shape index (κ3) is 3.30. The summed E-state index contributed by atoms with van der Waals surface area (Å²) in [5.74, 6) is -2.28. The van der Waals surface area contributed by atoms with Gasteiger partial charge >= 0.3 is 11.9 Å². The molecule has 0 aromatic heterocycles. The van der Waals surface area contributed by atoms with Crippen LogP contribution >= 0.6 is 0 Å². The van der Waals surface area contributed by atoms with E-state index in [1.807, 2.05) is 20.8 Å². The molecule has 0 bridgehead atoms. The normalized spacial score (nSPS) is 30.8. The van der Waals surface area contributed by atoms with E-state index >= 15 is 0 Å². The van der Waals surface area contributed by atoms with Crippen molar-refractivity contribution >= 4 is 17.7 Å². The van der Waals surface area contributed by atoms with E-state index < -0.39 is 17.3 Å². The number of carbonyl (C=O) groups is 3. The fraction of sp³-hybridized carbons (Fsp3) is 0.632. The number of hydrogen-bond acceptors (Lipinski definition) is 4. The first kappa shape index (κ1) is 18.4. The second-order valence-electron chi connectivity index (χ2n) is 7.08. The summed E-state index contributed by atoms with van der Waals surface area (Å²) in [5.41, 5.74) is 0.868. The molecule has 2 aliphatic rings. The molecular formula is C19H26O5. The molecule has 1 saturated carbocycles. The van der Waals surface area contributed by atoms with Gasteiger partial charge in [-0.05, 0) is 32.3 Å². The summed E-state index contributed by atoms with van der Waals surface area (Å²) in [7, 11) is 0. The minimum atomic E-state index is -1.01. The zero-order valence-electron chi connectivity index (χ0n) is 14.8. The van der Waals surface area contributed by atoms with Gasteiger partial charge in [-0.2, -0.15) is 0 Å². The summed E-state index contributed by atoms with van der Waals surface area (Å²) in [4.78, 5) is 35.4. The summed E-state index contributed by atoms with van der Waals surface area (Å²) in [6.45, 7) is 7.47. The Hall–Kier alpha value is -1.91. The minimum Gasteiger partial charge on any atom is -0.481 e. The lowest BCUT2D eigenvalue weighted by molar-refractivity contribution is -0.154. The lowest BCUT2D eigenvalue weighted by Crippen LogP contribution is -2.43. The average molecular weight is 334 g/mol. The Morgan fingerprint density at radius 1 is 1.46 bits per heavy atom. The van der Waals surface area contributed by atoms with Crippen molar-refractivity contribution in [2.24, 2.45) is 17.3 Å². The standard InChI is InChI=1S/C19H26O5/c1-5-6-17(21)24-16-8-7-13-9-15(20)14(11(2)18(22)23)10-19(13,4)12(16)3/h9-12,16H,5-8H2,1-4H3,(H,22,23)/t11-,12+,16+,19-/m1/s1. The molecule has 5 heteroatoms. The number of rotatable bonds is 5. The van der Waals surface area contributed by atoms with Gasteiger partial charge in [0.1, 0.15) is 6.10 Å². The summed E-state index contributed by atoms with van der Waals surface area (Å²) >= 11 is 0. The first-order valence-electron chi connectivity index (χ1n) is 8.61. The Morgan fingerprint density at radius 2 is 2.12 bits per heavy atom. The Morgan fingerprint density at radius 3 is 2.71 bits per heavy atom. The second-order valence-corrected chi connectivity index (χ2v) is 7.08. The molecule has 0 aromatic carbocycles. The number of carbonyl (C=O) groups excluding carboxylic acids is 2. The molecule has 0 heterocycles. The van der Waals surface area contributed by atoms with Gasteiger partial charge in [-0.15, -0.1) is 0 Å². The molecule has 0 unspecified atom stereocenters. The van der Waals surface area contributed by atoms with Gasteiger partial charge in [0.25, 0.3) is 0 Å². The monoisotopic (exact) mass is 334 g/mol. The highest BCUT2D eigenvalue weighted by atomic mass is 16.5. The maximum atomic E-state index is 12.3. The van der Waals surface area contributed by atoms with Gasteiger partial charge in [0, 0.05) is 23.3 Å². The third-order valence-electron chi connectivity index (χ3n) is 5.51. The zero-order chi connectivity index (χ0) is 18.1. The van der Waals surface area contributed by atoms with Gasteiger partial charge in [-0.3, -0.25) is 14.4 Å². The number of esters is 1. The SMILES string of the molecule is CCCC(=O)O[C@H]1CCC2=CC(=O)C([C@@H](C)C(=O)O)=C[C@]2(C)[C@H]1C. The van der Waals surface area contributed by atoms with Gasteiger partial charge in [0.15, 0.2) is 5.78 Å². The van der Waals surface area contributed by atoms with Crippen molar-refractivity contribution in [2.75, 3.05) is 0 Å². The number of ketones is 1. The summed E-state index contributed by atoms with van der Waals surface area (Å²) < 4.78 is 5.63. The fourth-order valence-corrected chi connectivity index (χ4v) is 3.65. The van der Waals surface area contributed by atoms with Crippen LogP contribution in [0.4, 0.5) is 0 Å². The topological polar surface area (TPSA) is 80.7 Å². The summed E-state index contributed by atoms with van der Waals surface area (Å²) in [6, 6.07) is 0. The van der Waals surface area contributed by atoms with Crippen LogP contribution in [0.1, 0.15) is 53.4 Å². The molecule has 0 amide bonds. The first-order chi connectivity index (χ1) is 11.2. The highest BCUT2D eigenvalue weighted by Gasteiger charge is 2.46. The molecule has 0 spiro atoms. The summed E-state index contributed by atoms with van der Waals surface area (Å²) in [5, 5.41) is 9.24. The van der Waals surface area contributed by atoms with E-state index in [2.05, 4.69) is 0 Å². The molecule has 2 rings (SSSR count). The molecule has 0 aromatic rings. The van der Waals surface area contributed by atoms with Crippen molar-refractivity contribution in [1.82, 2.24) is 0 Å². The van der Waals surface area contributed by atoms with Crippen molar-refractivity contribution in [1.29, 1.82) is 0 Å². The van der Waals surface area contributed by atoms with Gasteiger partial charge in [0.05, 0.1) is 5.92 Å². The van der Waals surface area contributed by atoms with E-state index in [4.69, 9.17) is 4.74 Å². The van der Waals surface area contributed by atoms with E-state index in [-0.39, 0.29) is 23.8 Å². The van der Waals surface area contributed by atoms with Crippen molar-refractivity contribution in [3.63, 3.8) is 0 Å². The smallest absolute Gasteiger partial charge is 0.310 e. The van der Waals surface area contributed by atoms with Crippen molar-refractivity contribution in [3.8, 4) is 0 Å². The fourth-order valence-electron chi connectivity index (χ4n) is 3.65. The lowest BCUT2D eigenvalue weighted by atomic mass is 9.60. The Bertz CT molecular complexity index is 615. The number of allylic oxidation sites excluding steroid dienone is 3. The highest BCUT2D eigenvalue weighted by Crippen LogP contribution is 2.50. The number of hydrogen-bond donors (Lipinski definition) is 1. The molecule has 24 heavy (non-hydrogen) atoms. The lowest BCUT2D eigenvalue weighted by Gasteiger charge is -2.46. The predicted octanol–water partition coefficient (Wildman–Crippen LogP) is 3.29. The first-order valence-corrected chi connectivity index (χ1v) is 8.61. The number of fused-ring (bicyclic) bond motifs is 1. The molecule has 0 aliphatic heterocycles. The quantitative estimate of drug-likeness (QED) is 0.780. The van der Waals surface area contributed by atoms with Crippen LogP contribution in [0.3, 0.4) is 0 Å². The van der Waals surface area contributed by atoms with E-state index in [0.717, 1.165) is 12.0 Å². The van der Waals surface area contributed by atoms with Crippen LogP contribution in [-0.4, -0.2) is 28.9 Å².